The molecule has 0 amide bonds. The van der Waals surface area contributed by atoms with Gasteiger partial charge in [0, 0.05) is 23.1 Å². The van der Waals surface area contributed by atoms with E-state index in [1.807, 2.05) is 0 Å². The number of para-hydroxylation sites is 1. The van der Waals surface area contributed by atoms with Crippen LogP contribution < -0.4 is 0 Å². The van der Waals surface area contributed by atoms with Crippen LogP contribution in [0, 0.1) is 0 Å². The summed E-state index contributed by atoms with van der Waals surface area (Å²) >= 11 is 11.7. The summed E-state index contributed by atoms with van der Waals surface area (Å²) < 4.78 is 68.6. The average molecular weight is 449 g/mol. The van der Waals surface area contributed by atoms with E-state index in [4.69, 9.17) is 23.2 Å². The van der Waals surface area contributed by atoms with E-state index < -0.39 is 22.2 Å². The second-order valence-electron chi connectivity index (χ2n) is 6.45. The molecule has 0 bridgehead atoms. The molecule has 148 valence electrons. The topological polar surface area (TPSA) is 53.2 Å². The Bertz CT molecular complexity index is 1180. The maximum absolute atomic E-state index is 14.0. The number of H-pyrrole nitrogens is 1. The van der Waals surface area contributed by atoms with Crippen molar-refractivity contribution >= 4 is 44.1 Å². The van der Waals surface area contributed by atoms with E-state index in [1.54, 1.807) is 24.3 Å². The first-order valence-corrected chi connectivity index (χ1v) is 10.4. The minimum absolute atomic E-state index is 0.0467. The van der Waals surface area contributed by atoms with E-state index in [1.165, 1.54) is 6.07 Å². The van der Waals surface area contributed by atoms with Crippen molar-refractivity contribution in [2.24, 2.45) is 0 Å². The molecule has 0 saturated carbocycles. The first kappa shape index (κ1) is 19.6. The van der Waals surface area contributed by atoms with Crippen LogP contribution >= 0.6 is 23.2 Å². The Morgan fingerprint density at radius 2 is 1.79 bits per heavy atom. The Labute approximate surface area is 168 Å². The molecule has 1 N–H and O–H groups in total. The highest BCUT2D eigenvalue weighted by molar-refractivity contribution is 7.89. The molecule has 1 aliphatic heterocycles. The van der Waals surface area contributed by atoms with Crippen molar-refractivity contribution in [3.8, 4) is 0 Å². The molecule has 1 atom stereocenters. The molecule has 10 heteroatoms. The molecule has 3 aromatic rings. The Morgan fingerprint density at radius 1 is 1.07 bits per heavy atom. The minimum atomic E-state index is -4.81. The number of alkyl halides is 3. The van der Waals surface area contributed by atoms with E-state index in [9.17, 15) is 21.6 Å². The molecule has 0 radical (unpaired) electrons. The summed E-state index contributed by atoms with van der Waals surface area (Å²) in [6, 6.07) is 7.97. The monoisotopic (exact) mass is 448 g/mol. The van der Waals surface area contributed by atoms with Gasteiger partial charge < -0.3 is 4.98 Å². The van der Waals surface area contributed by atoms with E-state index in [2.05, 4.69) is 4.98 Å². The molecular formula is C18H13Cl2F3N2O2S. The van der Waals surface area contributed by atoms with Crippen molar-refractivity contribution in [2.75, 3.05) is 6.54 Å². The molecule has 4 nitrogen and oxygen atoms in total. The zero-order valence-electron chi connectivity index (χ0n) is 14.1. The van der Waals surface area contributed by atoms with Crippen LogP contribution in [0.3, 0.4) is 0 Å². The molecule has 0 unspecified atom stereocenters. The van der Waals surface area contributed by atoms with Gasteiger partial charge in [-0.1, -0.05) is 41.4 Å². The number of aromatic nitrogens is 1. The number of benzene rings is 2. The standard InChI is InChI=1S/C18H13Cl2F3N2O2S/c19-13-6-5-10(9-14(13)20)28(26,27)25-8-7-12-11-3-1-2-4-15(11)24-16(12)17(25)18(21,22)23/h1-6,9,17,24H,7-8H2/t17-/m1/s1. The Kier molecular flexibility index (Phi) is 4.65. The second kappa shape index (κ2) is 6.66. The number of fused-ring (bicyclic) bond motifs is 3. The van der Waals surface area contributed by atoms with Gasteiger partial charge in [0.25, 0.3) is 0 Å². The molecule has 2 heterocycles. The van der Waals surface area contributed by atoms with Crippen molar-refractivity contribution in [1.82, 2.24) is 9.29 Å². The molecule has 2 aromatic carbocycles. The van der Waals surface area contributed by atoms with E-state index in [0.29, 0.717) is 20.8 Å². The number of sulfonamides is 1. The van der Waals surface area contributed by atoms with E-state index in [0.717, 1.165) is 12.1 Å². The molecule has 0 saturated heterocycles. The van der Waals surface area contributed by atoms with Crippen LogP contribution in [-0.2, 0) is 16.4 Å². The molecule has 1 aliphatic rings. The van der Waals surface area contributed by atoms with Crippen molar-refractivity contribution in [1.29, 1.82) is 0 Å². The van der Waals surface area contributed by atoms with Crippen LogP contribution in [0.25, 0.3) is 10.9 Å². The van der Waals surface area contributed by atoms with Crippen molar-refractivity contribution in [3.05, 3.63) is 63.8 Å². The van der Waals surface area contributed by atoms with Gasteiger partial charge in [0.05, 0.1) is 14.9 Å². The molecule has 4 rings (SSSR count). The lowest BCUT2D eigenvalue weighted by molar-refractivity contribution is -0.176. The van der Waals surface area contributed by atoms with Gasteiger partial charge in [-0.15, -0.1) is 0 Å². The van der Waals surface area contributed by atoms with Crippen LogP contribution in [0.1, 0.15) is 17.3 Å². The lowest BCUT2D eigenvalue weighted by Gasteiger charge is -2.35. The zero-order chi connectivity index (χ0) is 20.3. The maximum atomic E-state index is 14.0. The summed E-state index contributed by atoms with van der Waals surface area (Å²) in [7, 11) is -4.46. The third kappa shape index (κ3) is 3.08. The SMILES string of the molecule is O=S(=O)(c1ccc(Cl)c(Cl)c1)N1CCc2c([nH]c3ccccc23)[C@@H]1C(F)(F)F. The Morgan fingerprint density at radius 3 is 2.46 bits per heavy atom. The summed E-state index contributed by atoms with van der Waals surface area (Å²) in [6.07, 6.45) is -4.65. The highest BCUT2D eigenvalue weighted by Gasteiger charge is 2.52. The van der Waals surface area contributed by atoms with Crippen molar-refractivity contribution in [3.63, 3.8) is 0 Å². The fraction of sp³-hybridized carbons (Fsp3) is 0.222. The summed E-state index contributed by atoms with van der Waals surface area (Å²) in [5.74, 6) is 0. The smallest absolute Gasteiger partial charge is 0.357 e. The summed E-state index contributed by atoms with van der Waals surface area (Å²) in [5.41, 5.74) is 0.873. The first-order chi connectivity index (χ1) is 13.1. The number of halogens is 5. The highest BCUT2D eigenvalue weighted by atomic mass is 35.5. The van der Waals surface area contributed by atoms with Gasteiger partial charge in [-0.3, -0.25) is 0 Å². The molecule has 0 spiro atoms. The van der Waals surface area contributed by atoms with Crippen LogP contribution in [0.5, 0.6) is 0 Å². The van der Waals surface area contributed by atoms with Crippen LogP contribution in [0.2, 0.25) is 10.0 Å². The second-order valence-corrected chi connectivity index (χ2v) is 9.15. The summed E-state index contributed by atoms with van der Waals surface area (Å²) in [5, 5.41) is 0.734. The van der Waals surface area contributed by atoms with Crippen LogP contribution in [0.4, 0.5) is 13.2 Å². The van der Waals surface area contributed by atoms with E-state index in [-0.39, 0.29) is 33.6 Å². The largest absolute Gasteiger partial charge is 0.410 e. The van der Waals surface area contributed by atoms with Gasteiger partial charge in [0.1, 0.15) is 0 Å². The molecule has 0 aliphatic carbocycles. The fourth-order valence-corrected chi connectivity index (χ4v) is 5.55. The van der Waals surface area contributed by atoms with Crippen molar-refractivity contribution in [2.45, 2.75) is 23.5 Å². The number of aromatic amines is 1. The first-order valence-electron chi connectivity index (χ1n) is 8.24. The van der Waals surface area contributed by atoms with Gasteiger partial charge in [-0.25, -0.2) is 8.42 Å². The van der Waals surface area contributed by atoms with E-state index >= 15 is 0 Å². The number of rotatable bonds is 2. The molecular weight excluding hydrogens is 436 g/mol. The molecule has 28 heavy (non-hydrogen) atoms. The third-order valence-electron chi connectivity index (χ3n) is 4.80. The summed E-state index contributed by atoms with van der Waals surface area (Å²) in [6.45, 7) is -0.304. The maximum Gasteiger partial charge on any atom is 0.410 e. The van der Waals surface area contributed by atoms with Gasteiger partial charge in [0.2, 0.25) is 10.0 Å². The highest BCUT2D eigenvalue weighted by Crippen LogP contribution is 2.46. The Hall–Kier alpha value is -1.74. The number of hydrogen-bond acceptors (Lipinski definition) is 2. The normalized spacial score (nSPS) is 18.4. The lowest BCUT2D eigenvalue weighted by Crippen LogP contribution is -2.46. The number of hydrogen-bond donors (Lipinski definition) is 1. The van der Waals surface area contributed by atoms with Crippen molar-refractivity contribution < 1.29 is 21.6 Å². The minimum Gasteiger partial charge on any atom is -0.357 e. The van der Waals surface area contributed by atoms with Crippen LogP contribution in [-0.4, -0.2) is 30.4 Å². The van der Waals surface area contributed by atoms with Crippen LogP contribution in [0.15, 0.2) is 47.4 Å². The lowest BCUT2D eigenvalue weighted by atomic mass is 9.99. The predicted molar refractivity (Wildman–Crippen MR) is 101 cm³/mol. The Balaban J connectivity index is 1.88. The fourth-order valence-electron chi connectivity index (χ4n) is 3.58. The van der Waals surface area contributed by atoms with Gasteiger partial charge in [-0.05, 0) is 36.2 Å². The molecule has 1 aromatic heterocycles. The number of nitrogens with one attached hydrogen (secondary N) is 1. The molecule has 0 fully saturated rings. The average Bonchev–Trinajstić information content (AvgIpc) is 3.00. The van der Waals surface area contributed by atoms with Gasteiger partial charge in [-0.2, -0.15) is 17.5 Å². The van der Waals surface area contributed by atoms with Gasteiger partial charge >= 0.3 is 6.18 Å². The third-order valence-corrected chi connectivity index (χ3v) is 7.40. The quantitative estimate of drug-likeness (QED) is 0.576. The number of nitrogens with zero attached hydrogens (tertiary/aromatic N) is 1. The predicted octanol–water partition coefficient (Wildman–Crippen LogP) is 5.33. The van der Waals surface area contributed by atoms with Gasteiger partial charge in [0.15, 0.2) is 6.04 Å². The summed E-state index contributed by atoms with van der Waals surface area (Å²) in [4.78, 5) is 2.44. The zero-order valence-corrected chi connectivity index (χ0v) is 16.4.